The van der Waals surface area contributed by atoms with Gasteiger partial charge in [-0.15, -0.1) is 0 Å². The first-order chi connectivity index (χ1) is 10.8. The van der Waals surface area contributed by atoms with Crippen molar-refractivity contribution in [2.45, 2.75) is 6.54 Å². The maximum Gasteiger partial charge on any atom is 0.213 e. The first-order valence-corrected chi connectivity index (χ1v) is 7.56. The number of guanidine groups is 1. The lowest BCUT2D eigenvalue weighted by atomic mass is 10.3. The molecule has 0 aliphatic carbocycles. The van der Waals surface area contributed by atoms with E-state index in [1.54, 1.807) is 14.2 Å². The molecule has 0 radical (unpaired) electrons. The normalized spacial score (nSPS) is 16.4. The van der Waals surface area contributed by atoms with Gasteiger partial charge in [0.25, 0.3) is 0 Å². The molecule has 2 heterocycles. The molecular weight excluding hydrogens is 282 g/mol. The number of rotatable bonds is 6. The summed E-state index contributed by atoms with van der Waals surface area (Å²) in [7, 11) is 3.38. The molecule has 0 saturated carbocycles. The summed E-state index contributed by atoms with van der Waals surface area (Å²) >= 11 is 0. The Morgan fingerprint density at radius 1 is 1.36 bits per heavy atom. The number of nitrogens with zero attached hydrogens (tertiary/aromatic N) is 3. The van der Waals surface area contributed by atoms with Crippen LogP contribution in [-0.2, 0) is 11.3 Å². The van der Waals surface area contributed by atoms with Crippen molar-refractivity contribution in [3.8, 4) is 5.88 Å². The summed E-state index contributed by atoms with van der Waals surface area (Å²) in [5, 5.41) is 6.57. The lowest BCUT2D eigenvalue weighted by Crippen LogP contribution is -2.44. The van der Waals surface area contributed by atoms with Gasteiger partial charge in [0.15, 0.2) is 5.96 Å². The van der Waals surface area contributed by atoms with Gasteiger partial charge in [0.2, 0.25) is 5.88 Å². The first kappa shape index (κ1) is 16.5. The van der Waals surface area contributed by atoms with Crippen LogP contribution >= 0.6 is 0 Å². The number of ether oxygens (including phenoxy) is 2. The van der Waals surface area contributed by atoms with E-state index in [9.17, 15) is 0 Å². The summed E-state index contributed by atoms with van der Waals surface area (Å²) < 4.78 is 10.5. The Morgan fingerprint density at radius 2 is 2.18 bits per heavy atom. The summed E-state index contributed by atoms with van der Waals surface area (Å²) in [6, 6.07) is 5.72. The molecule has 1 aliphatic heterocycles. The minimum Gasteiger partial charge on any atom is -0.481 e. The lowest BCUT2D eigenvalue weighted by molar-refractivity contribution is 0.0389. The third kappa shape index (κ3) is 5.50. The van der Waals surface area contributed by atoms with Gasteiger partial charge in [-0.1, -0.05) is 6.07 Å². The monoisotopic (exact) mass is 307 g/mol. The second-order valence-electron chi connectivity index (χ2n) is 4.98. The Kier molecular flexibility index (Phi) is 6.92. The van der Waals surface area contributed by atoms with E-state index >= 15 is 0 Å². The molecule has 122 valence electrons. The van der Waals surface area contributed by atoms with Gasteiger partial charge >= 0.3 is 0 Å². The predicted molar refractivity (Wildman–Crippen MR) is 86.2 cm³/mol. The number of hydrogen-bond donors (Lipinski definition) is 2. The molecule has 7 nitrogen and oxygen atoms in total. The first-order valence-electron chi connectivity index (χ1n) is 7.56. The van der Waals surface area contributed by atoms with Crippen LogP contribution in [0.5, 0.6) is 5.88 Å². The highest BCUT2D eigenvalue weighted by molar-refractivity contribution is 5.79. The Labute approximate surface area is 131 Å². The van der Waals surface area contributed by atoms with E-state index < -0.39 is 0 Å². The third-order valence-electron chi connectivity index (χ3n) is 3.48. The fourth-order valence-electron chi connectivity index (χ4n) is 2.22. The van der Waals surface area contributed by atoms with Crippen LogP contribution in [0.1, 0.15) is 5.69 Å². The van der Waals surface area contributed by atoms with E-state index in [2.05, 4.69) is 25.5 Å². The van der Waals surface area contributed by atoms with E-state index in [-0.39, 0.29) is 0 Å². The van der Waals surface area contributed by atoms with E-state index in [1.165, 1.54) is 0 Å². The zero-order valence-electron chi connectivity index (χ0n) is 13.3. The van der Waals surface area contributed by atoms with Gasteiger partial charge in [0.05, 0.1) is 32.6 Å². The molecule has 0 amide bonds. The summed E-state index contributed by atoms with van der Waals surface area (Å²) in [5.41, 5.74) is 0.912. The highest BCUT2D eigenvalue weighted by Crippen LogP contribution is 2.05. The van der Waals surface area contributed by atoms with Crippen LogP contribution in [0.4, 0.5) is 0 Å². The van der Waals surface area contributed by atoms with Crippen molar-refractivity contribution in [3.63, 3.8) is 0 Å². The number of pyridine rings is 1. The SMILES string of the molecule is CN=C(NCCN1CCOCC1)NCc1cccc(OC)n1. The van der Waals surface area contributed by atoms with Crippen molar-refractivity contribution in [1.29, 1.82) is 0 Å². The van der Waals surface area contributed by atoms with Crippen molar-refractivity contribution in [2.24, 2.45) is 4.99 Å². The molecule has 0 bridgehead atoms. The molecule has 1 saturated heterocycles. The van der Waals surface area contributed by atoms with Gasteiger partial charge in [-0.2, -0.15) is 0 Å². The quantitative estimate of drug-likeness (QED) is 0.573. The molecule has 2 rings (SSSR count). The zero-order valence-corrected chi connectivity index (χ0v) is 13.3. The Bertz CT molecular complexity index is 475. The molecule has 0 atom stereocenters. The van der Waals surface area contributed by atoms with Crippen LogP contribution in [0.15, 0.2) is 23.2 Å². The number of nitrogens with one attached hydrogen (secondary N) is 2. The van der Waals surface area contributed by atoms with Crippen LogP contribution in [0.25, 0.3) is 0 Å². The molecule has 0 aromatic carbocycles. The van der Waals surface area contributed by atoms with E-state index in [0.29, 0.717) is 12.4 Å². The minimum absolute atomic E-state index is 0.606. The average Bonchev–Trinajstić information content (AvgIpc) is 2.59. The van der Waals surface area contributed by atoms with Crippen LogP contribution in [-0.4, -0.2) is 69.4 Å². The maximum absolute atomic E-state index is 5.34. The third-order valence-corrected chi connectivity index (χ3v) is 3.48. The highest BCUT2D eigenvalue weighted by atomic mass is 16.5. The second kappa shape index (κ2) is 9.22. The van der Waals surface area contributed by atoms with E-state index in [0.717, 1.165) is 51.0 Å². The average molecular weight is 307 g/mol. The molecule has 7 heteroatoms. The Morgan fingerprint density at radius 3 is 2.91 bits per heavy atom. The number of aliphatic imine (C=N–C) groups is 1. The number of aromatic nitrogens is 1. The van der Waals surface area contributed by atoms with Gasteiger partial charge in [-0.25, -0.2) is 4.98 Å². The Hall–Kier alpha value is -1.86. The number of methoxy groups -OCH3 is 1. The summed E-state index contributed by atoms with van der Waals surface area (Å²) in [6.45, 7) is 6.10. The van der Waals surface area contributed by atoms with Crippen LogP contribution < -0.4 is 15.4 Å². The highest BCUT2D eigenvalue weighted by Gasteiger charge is 2.09. The number of hydrogen-bond acceptors (Lipinski definition) is 5. The molecular formula is C15H25N5O2. The zero-order chi connectivity index (χ0) is 15.6. The van der Waals surface area contributed by atoms with Gasteiger partial charge in [0, 0.05) is 39.3 Å². The fourth-order valence-corrected chi connectivity index (χ4v) is 2.22. The summed E-state index contributed by atoms with van der Waals surface area (Å²) in [6.07, 6.45) is 0. The van der Waals surface area contributed by atoms with Crippen LogP contribution in [0.3, 0.4) is 0 Å². The van der Waals surface area contributed by atoms with Crippen molar-refractivity contribution in [1.82, 2.24) is 20.5 Å². The molecule has 1 aromatic rings. The largest absolute Gasteiger partial charge is 0.481 e. The molecule has 1 fully saturated rings. The van der Waals surface area contributed by atoms with E-state index in [1.807, 2.05) is 18.2 Å². The van der Waals surface area contributed by atoms with Gasteiger partial charge < -0.3 is 20.1 Å². The summed E-state index contributed by atoms with van der Waals surface area (Å²) in [4.78, 5) is 11.0. The topological polar surface area (TPSA) is 71.0 Å². The van der Waals surface area contributed by atoms with Crippen molar-refractivity contribution >= 4 is 5.96 Å². The van der Waals surface area contributed by atoms with Crippen LogP contribution in [0, 0.1) is 0 Å². The maximum atomic E-state index is 5.34. The fraction of sp³-hybridized carbons (Fsp3) is 0.600. The van der Waals surface area contributed by atoms with Gasteiger partial charge in [-0.3, -0.25) is 9.89 Å². The van der Waals surface area contributed by atoms with Crippen LogP contribution in [0.2, 0.25) is 0 Å². The van der Waals surface area contributed by atoms with Gasteiger partial charge in [0.1, 0.15) is 0 Å². The molecule has 0 unspecified atom stereocenters. The molecule has 1 aliphatic rings. The second-order valence-corrected chi connectivity index (χ2v) is 4.98. The predicted octanol–water partition coefficient (Wildman–Crippen LogP) is 0.0874. The molecule has 0 spiro atoms. The minimum atomic E-state index is 0.606. The van der Waals surface area contributed by atoms with Gasteiger partial charge in [-0.05, 0) is 6.07 Å². The molecule has 22 heavy (non-hydrogen) atoms. The summed E-state index contributed by atoms with van der Waals surface area (Å²) in [5.74, 6) is 1.40. The molecule has 1 aromatic heterocycles. The smallest absolute Gasteiger partial charge is 0.213 e. The standard InChI is InChI=1S/C15H25N5O2/c1-16-15(17-6-7-20-8-10-22-11-9-20)18-12-13-4-3-5-14(19-13)21-2/h3-5H,6-12H2,1-2H3,(H2,16,17,18). The Balaban J connectivity index is 1.70. The lowest BCUT2D eigenvalue weighted by Gasteiger charge is -2.26. The molecule has 2 N–H and O–H groups in total. The van der Waals surface area contributed by atoms with Crippen molar-refractivity contribution < 1.29 is 9.47 Å². The van der Waals surface area contributed by atoms with Crippen molar-refractivity contribution in [2.75, 3.05) is 53.6 Å². The van der Waals surface area contributed by atoms with E-state index in [4.69, 9.17) is 9.47 Å². The number of morpholine rings is 1. The van der Waals surface area contributed by atoms with Crippen molar-refractivity contribution in [3.05, 3.63) is 23.9 Å².